The Labute approximate surface area is 118 Å². The van der Waals surface area contributed by atoms with E-state index in [1.54, 1.807) is 0 Å². The van der Waals surface area contributed by atoms with Crippen LogP contribution >= 0.6 is 22.6 Å². The van der Waals surface area contributed by atoms with Crippen molar-refractivity contribution in [3.05, 3.63) is 35.4 Å². The Morgan fingerprint density at radius 2 is 1.94 bits per heavy atom. The summed E-state index contributed by atoms with van der Waals surface area (Å²) in [6.07, 6.45) is 2.96. The van der Waals surface area contributed by atoms with Gasteiger partial charge >= 0.3 is 0 Å². The summed E-state index contributed by atoms with van der Waals surface area (Å²) < 4.78 is 6.91. The molecule has 1 aromatic carbocycles. The Hall–Kier alpha value is -0.0900. The van der Waals surface area contributed by atoms with Crippen molar-refractivity contribution in [1.82, 2.24) is 0 Å². The number of alkyl halides is 1. The van der Waals surface area contributed by atoms with E-state index in [2.05, 4.69) is 67.6 Å². The molecule has 0 aromatic heterocycles. The first-order valence-electron chi connectivity index (χ1n) is 6.47. The van der Waals surface area contributed by atoms with Gasteiger partial charge in [-0.1, -0.05) is 60.7 Å². The zero-order valence-corrected chi connectivity index (χ0v) is 13.0. The third-order valence-electron chi connectivity index (χ3n) is 3.92. The summed E-state index contributed by atoms with van der Waals surface area (Å²) in [6, 6.07) is 8.70. The molecule has 17 heavy (non-hydrogen) atoms. The van der Waals surface area contributed by atoms with Crippen molar-refractivity contribution < 1.29 is 4.74 Å². The van der Waals surface area contributed by atoms with Gasteiger partial charge in [0, 0.05) is 3.92 Å². The van der Waals surface area contributed by atoms with E-state index >= 15 is 0 Å². The largest absolute Gasteiger partial charge is 0.370 e. The standard InChI is InChI=1S/C15H21IO/c1-10(11(2)16)12(3)17-15-9-8-13-6-4-5-7-14(13)15/h4-7,10-12,15H,8-9H2,1-3H3. The highest BCUT2D eigenvalue weighted by molar-refractivity contribution is 14.1. The van der Waals surface area contributed by atoms with Crippen LogP contribution < -0.4 is 0 Å². The van der Waals surface area contributed by atoms with Crippen LogP contribution in [0.4, 0.5) is 0 Å². The minimum atomic E-state index is 0.318. The average molecular weight is 344 g/mol. The lowest BCUT2D eigenvalue weighted by Gasteiger charge is -2.26. The van der Waals surface area contributed by atoms with Gasteiger partial charge < -0.3 is 4.74 Å². The summed E-state index contributed by atoms with van der Waals surface area (Å²) in [6.45, 7) is 6.75. The summed E-state index contributed by atoms with van der Waals surface area (Å²) in [7, 11) is 0. The van der Waals surface area contributed by atoms with E-state index < -0.39 is 0 Å². The second-order valence-electron chi connectivity index (χ2n) is 5.10. The molecule has 1 nitrogen and oxygen atoms in total. The molecular weight excluding hydrogens is 323 g/mol. The van der Waals surface area contributed by atoms with Gasteiger partial charge in [0.2, 0.25) is 0 Å². The van der Waals surface area contributed by atoms with E-state index in [9.17, 15) is 0 Å². The van der Waals surface area contributed by atoms with E-state index in [4.69, 9.17) is 4.74 Å². The maximum Gasteiger partial charge on any atom is 0.0834 e. The van der Waals surface area contributed by atoms with Crippen LogP contribution in [0.2, 0.25) is 0 Å². The number of halogens is 1. The molecule has 0 fully saturated rings. The van der Waals surface area contributed by atoms with Crippen molar-refractivity contribution in [1.29, 1.82) is 0 Å². The quantitative estimate of drug-likeness (QED) is 0.576. The van der Waals surface area contributed by atoms with Gasteiger partial charge in [0.15, 0.2) is 0 Å². The Bertz CT molecular complexity index is 375. The maximum atomic E-state index is 6.26. The molecule has 4 atom stereocenters. The lowest BCUT2D eigenvalue weighted by molar-refractivity contribution is -0.0280. The SMILES string of the molecule is CC(I)C(C)C(C)OC1CCc2ccccc21. The fourth-order valence-electron chi connectivity index (χ4n) is 2.42. The molecule has 0 aliphatic heterocycles. The first kappa shape index (κ1) is 13.3. The van der Waals surface area contributed by atoms with Crippen molar-refractivity contribution in [2.24, 2.45) is 5.92 Å². The monoisotopic (exact) mass is 344 g/mol. The van der Waals surface area contributed by atoms with Gasteiger partial charge in [0.1, 0.15) is 0 Å². The van der Waals surface area contributed by atoms with Crippen molar-refractivity contribution in [3.8, 4) is 0 Å². The molecule has 0 heterocycles. The first-order chi connectivity index (χ1) is 8.09. The van der Waals surface area contributed by atoms with Crippen LogP contribution in [0.15, 0.2) is 24.3 Å². The van der Waals surface area contributed by atoms with Crippen LogP contribution in [0.3, 0.4) is 0 Å². The van der Waals surface area contributed by atoms with Crippen LogP contribution in [0, 0.1) is 5.92 Å². The van der Waals surface area contributed by atoms with Gasteiger partial charge in [-0.3, -0.25) is 0 Å². The van der Waals surface area contributed by atoms with Gasteiger partial charge in [0.05, 0.1) is 12.2 Å². The Morgan fingerprint density at radius 3 is 2.65 bits per heavy atom. The highest BCUT2D eigenvalue weighted by atomic mass is 127. The number of benzene rings is 1. The molecule has 2 rings (SSSR count). The zero-order chi connectivity index (χ0) is 12.4. The summed E-state index contributed by atoms with van der Waals surface area (Å²) in [5.74, 6) is 0.600. The third-order valence-corrected chi connectivity index (χ3v) is 5.06. The second-order valence-corrected chi connectivity index (χ2v) is 7.07. The normalized spacial score (nSPS) is 24.1. The van der Waals surface area contributed by atoms with E-state index in [1.807, 2.05) is 0 Å². The molecule has 0 N–H and O–H groups in total. The van der Waals surface area contributed by atoms with Crippen molar-refractivity contribution in [3.63, 3.8) is 0 Å². The first-order valence-corrected chi connectivity index (χ1v) is 7.71. The molecule has 94 valence electrons. The van der Waals surface area contributed by atoms with Crippen molar-refractivity contribution >= 4 is 22.6 Å². The van der Waals surface area contributed by atoms with E-state index in [0.29, 0.717) is 22.1 Å². The van der Waals surface area contributed by atoms with Crippen molar-refractivity contribution in [2.75, 3.05) is 0 Å². The molecule has 0 saturated heterocycles. The Morgan fingerprint density at radius 1 is 1.24 bits per heavy atom. The predicted molar refractivity (Wildman–Crippen MR) is 80.7 cm³/mol. The average Bonchev–Trinajstić information content (AvgIpc) is 2.71. The summed E-state index contributed by atoms with van der Waals surface area (Å²) in [5, 5.41) is 0. The number of aryl methyl sites for hydroxylation is 1. The molecule has 0 saturated carbocycles. The highest BCUT2D eigenvalue weighted by Crippen LogP contribution is 2.36. The maximum absolute atomic E-state index is 6.26. The van der Waals surface area contributed by atoms with Crippen LogP contribution in [-0.2, 0) is 11.2 Å². The number of hydrogen-bond donors (Lipinski definition) is 0. The molecule has 1 aliphatic rings. The molecular formula is C15H21IO. The van der Waals surface area contributed by atoms with Gasteiger partial charge in [0.25, 0.3) is 0 Å². The van der Waals surface area contributed by atoms with E-state index in [0.717, 1.165) is 6.42 Å². The third kappa shape index (κ3) is 3.02. The van der Waals surface area contributed by atoms with Crippen LogP contribution in [0.1, 0.15) is 44.4 Å². The van der Waals surface area contributed by atoms with Crippen LogP contribution in [0.5, 0.6) is 0 Å². The molecule has 0 spiro atoms. The molecule has 2 heteroatoms. The Kier molecular flexibility index (Phi) is 4.47. The fourth-order valence-corrected chi connectivity index (χ4v) is 3.00. The van der Waals surface area contributed by atoms with Gasteiger partial charge in [-0.2, -0.15) is 0 Å². The Balaban J connectivity index is 2.02. The number of ether oxygens (including phenoxy) is 1. The number of fused-ring (bicyclic) bond motifs is 1. The van der Waals surface area contributed by atoms with Gasteiger partial charge in [-0.25, -0.2) is 0 Å². The lowest BCUT2D eigenvalue weighted by atomic mass is 10.0. The summed E-state index contributed by atoms with van der Waals surface area (Å²) in [5.41, 5.74) is 2.88. The fraction of sp³-hybridized carbons (Fsp3) is 0.600. The zero-order valence-electron chi connectivity index (χ0n) is 10.8. The predicted octanol–water partition coefficient (Wildman–Crippen LogP) is 4.54. The van der Waals surface area contributed by atoms with E-state index in [1.165, 1.54) is 17.5 Å². The molecule has 0 amide bonds. The van der Waals surface area contributed by atoms with Gasteiger partial charge in [-0.05, 0) is 36.8 Å². The molecule has 1 aromatic rings. The molecule has 0 bridgehead atoms. The number of hydrogen-bond acceptors (Lipinski definition) is 1. The minimum absolute atomic E-state index is 0.318. The van der Waals surface area contributed by atoms with Crippen molar-refractivity contribution in [2.45, 2.75) is 49.7 Å². The highest BCUT2D eigenvalue weighted by Gasteiger charge is 2.27. The second kappa shape index (κ2) is 5.70. The lowest BCUT2D eigenvalue weighted by Crippen LogP contribution is -2.25. The summed E-state index contributed by atoms with van der Waals surface area (Å²) >= 11 is 2.49. The molecule has 4 unspecified atom stereocenters. The molecule has 0 radical (unpaired) electrons. The minimum Gasteiger partial charge on any atom is -0.370 e. The smallest absolute Gasteiger partial charge is 0.0834 e. The topological polar surface area (TPSA) is 9.23 Å². The molecule has 1 aliphatic carbocycles. The number of rotatable bonds is 4. The van der Waals surface area contributed by atoms with Crippen LogP contribution in [0.25, 0.3) is 0 Å². The van der Waals surface area contributed by atoms with E-state index in [-0.39, 0.29) is 0 Å². The van der Waals surface area contributed by atoms with Gasteiger partial charge in [-0.15, -0.1) is 0 Å². The summed E-state index contributed by atoms with van der Waals surface area (Å²) in [4.78, 5) is 0. The van der Waals surface area contributed by atoms with Crippen LogP contribution in [-0.4, -0.2) is 10.0 Å².